The van der Waals surface area contributed by atoms with E-state index < -0.39 is 30.3 Å². The van der Waals surface area contributed by atoms with E-state index in [0.29, 0.717) is 5.57 Å². The van der Waals surface area contributed by atoms with Crippen LogP contribution in [0.1, 0.15) is 61.3 Å². The minimum atomic E-state index is -1.14. The molecule has 7 nitrogen and oxygen atoms in total. The second-order valence-electron chi connectivity index (χ2n) is 5.54. The first-order valence-corrected chi connectivity index (χ1v) is 7.73. The molecule has 0 heterocycles. The predicted octanol–water partition coefficient (Wildman–Crippen LogP) is -1.10. The van der Waals surface area contributed by atoms with Gasteiger partial charge < -0.3 is 30.0 Å². The predicted molar refractivity (Wildman–Crippen MR) is 85.4 cm³/mol. The van der Waals surface area contributed by atoms with E-state index in [1.807, 2.05) is 0 Å². The van der Waals surface area contributed by atoms with Crippen molar-refractivity contribution in [1.82, 2.24) is 0 Å². The van der Waals surface area contributed by atoms with E-state index in [-0.39, 0.29) is 41.2 Å². The van der Waals surface area contributed by atoms with Crippen LogP contribution in [0.2, 0.25) is 0 Å². The van der Waals surface area contributed by atoms with Crippen LogP contribution in [0.25, 0.3) is 0 Å². The number of hydrogen-bond acceptors (Lipinski definition) is 7. The zero-order chi connectivity index (χ0) is 20.3. The molecule has 0 atom stereocenters. The van der Waals surface area contributed by atoms with Gasteiger partial charge in [-0.2, -0.15) is 0 Å². The van der Waals surface area contributed by atoms with Crippen LogP contribution in [-0.2, 0) is 36.0 Å². The Balaban J connectivity index is -0.0000000850. The molecular formula is C17H32O7Ti. The monoisotopic (exact) mass is 396 g/mol. The number of rotatable bonds is 5. The van der Waals surface area contributed by atoms with Gasteiger partial charge in [0.15, 0.2) is 0 Å². The van der Waals surface area contributed by atoms with Gasteiger partial charge in [-0.15, -0.1) is 18.3 Å². The van der Waals surface area contributed by atoms with Crippen LogP contribution in [-0.4, -0.2) is 36.9 Å². The Hall–Kier alpha value is -0.726. The van der Waals surface area contributed by atoms with E-state index in [1.165, 1.54) is 6.92 Å². The summed E-state index contributed by atoms with van der Waals surface area (Å²) in [7, 11) is 0. The fourth-order valence-corrected chi connectivity index (χ4v) is 0.505. The molecular weight excluding hydrogens is 364 g/mol. The van der Waals surface area contributed by atoms with E-state index in [9.17, 15) is 30.0 Å². The molecule has 0 bridgehead atoms. The molecule has 25 heavy (non-hydrogen) atoms. The Bertz CT molecular complexity index is 294. The molecule has 0 unspecified atom stereocenters. The van der Waals surface area contributed by atoms with Crippen molar-refractivity contribution >= 4 is 11.9 Å². The number of ether oxygens (including phenoxy) is 1. The van der Waals surface area contributed by atoms with Gasteiger partial charge in [0.05, 0.1) is 6.61 Å². The molecule has 0 radical (unpaired) electrons. The molecule has 0 fully saturated rings. The van der Waals surface area contributed by atoms with E-state index in [4.69, 9.17) is 0 Å². The molecule has 0 aliphatic heterocycles. The summed E-state index contributed by atoms with van der Waals surface area (Å²) in [5.74, 6) is -1.63. The molecule has 0 N–H and O–H groups in total. The zero-order valence-electron chi connectivity index (χ0n) is 16.4. The number of carboxylic acid groups (broad SMARTS) is 1. The quantitative estimate of drug-likeness (QED) is 0.249. The van der Waals surface area contributed by atoms with Gasteiger partial charge >= 0.3 is 27.7 Å². The Morgan fingerprint density at radius 1 is 0.920 bits per heavy atom. The standard InChI is InChI=1S/C8H12O4.3C3H7O.Ti/c1-6(2)8(11)12-5-3-4-7(9)10;3*1-3(2)4;/h1,3-5H2,2H3,(H,9,10);3*3H,1-2H3;/q;3*-1;+4/p-1. The third kappa shape index (κ3) is 99.8. The zero-order valence-corrected chi connectivity index (χ0v) is 18.0. The molecule has 0 aliphatic rings. The number of carboxylic acids is 1. The number of esters is 1. The van der Waals surface area contributed by atoms with Crippen molar-refractivity contribution in [3.63, 3.8) is 0 Å². The molecule has 0 spiro atoms. The summed E-state index contributed by atoms with van der Waals surface area (Å²) >= 11 is 0. The average molecular weight is 396 g/mol. The van der Waals surface area contributed by atoms with Crippen LogP contribution in [0.3, 0.4) is 0 Å². The maximum Gasteiger partial charge on any atom is 4.00 e. The van der Waals surface area contributed by atoms with Gasteiger partial charge in [-0.05, 0) is 19.8 Å². The molecule has 0 aromatic carbocycles. The average Bonchev–Trinajstić information content (AvgIpc) is 2.31. The molecule has 0 rings (SSSR count). The van der Waals surface area contributed by atoms with E-state index in [2.05, 4.69) is 11.3 Å². The van der Waals surface area contributed by atoms with Crippen LogP contribution < -0.4 is 20.4 Å². The van der Waals surface area contributed by atoms with Crippen LogP contribution >= 0.6 is 0 Å². The van der Waals surface area contributed by atoms with Crippen LogP contribution in [0.4, 0.5) is 0 Å². The minimum Gasteiger partial charge on any atom is -0.852 e. The number of aliphatic carboxylic acids is 1. The van der Waals surface area contributed by atoms with Gasteiger partial charge in [0.25, 0.3) is 0 Å². The summed E-state index contributed by atoms with van der Waals surface area (Å²) in [6, 6.07) is 0. The first-order chi connectivity index (χ1) is 10.7. The van der Waals surface area contributed by atoms with Crippen molar-refractivity contribution in [1.29, 1.82) is 0 Å². The Morgan fingerprint density at radius 2 is 1.20 bits per heavy atom. The first-order valence-electron chi connectivity index (χ1n) is 7.73. The summed E-state index contributed by atoms with van der Waals surface area (Å²) in [6.45, 7) is 14.7. The van der Waals surface area contributed by atoms with Crippen molar-refractivity contribution in [2.24, 2.45) is 0 Å². The van der Waals surface area contributed by atoms with Gasteiger partial charge in [-0.25, -0.2) is 4.79 Å². The van der Waals surface area contributed by atoms with Gasteiger partial charge in [0.1, 0.15) is 0 Å². The summed E-state index contributed by atoms with van der Waals surface area (Å²) < 4.78 is 4.62. The topological polar surface area (TPSA) is 136 Å². The Labute approximate surface area is 167 Å². The van der Waals surface area contributed by atoms with Crippen molar-refractivity contribution in [3.8, 4) is 0 Å². The van der Waals surface area contributed by atoms with Crippen molar-refractivity contribution in [2.75, 3.05) is 6.61 Å². The molecule has 146 valence electrons. The second-order valence-corrected chi connectivity index (χ2v) is 5.54. The SMILES string of the molecule is C=C(C)C(=O)OCCCC(=O)[O-].CC(C)[O-].CC(C)[O-].CC(C)[O-].[Ti+4]. The molecule has 0 aliphatic carbocycles. The fraction of sp³-hybridized carbons (Fsp3) is 0.765. The molecule has 0 aromatic rings. The maximum absolute atomic E-state index is 10.7. The summed E-state index contributed by atoms with van der Waals surface area (Å²) in [6.07, 6.45) is -1.06. The smallest absolute Gasteiger partial charge is 0.852 e. The summed E-state index contributed by atoms with van der Waals surface area (Å²) in [5, 5.41) is 38.5. The number of carbonyl (C=O) groups excluding carboxylic acids is 2. The molecule has 0 saturated heterocycles. The van der Waals surface area contributed by atoms with Gasteiger partial charge in [0, 0.05) is 11.5 Å². The van der Waals surface area contributed by atoms with Gasteiger partial charge in [-0.1, -0.05) is 48.1 Å². The van der Waals surface area contributed by atoms with Crippen molar-refractivity contribution in [3.05, 3.63) is 12.2 Å². The maximum atomic E-state index is 10.7. The van der Waals surface area contributed by atoms with Gasteiger partial charge in [0.2, 0.25) is 0 Å². The Kier molecular flexibility index (Phi) is 36.1. The normalized spacial score (nSPS) is 8.68. The summed E-state index contributed by atoms with van der Waals surface area (Å²) in [4.78, 5) is 20.6. The molecule has 0 saturated carbocycles. The molecule has 0 amide bonds. The fourth-order valence-electron chi connectivity index (χ4n) is 0.505. The van der Waals surface area contributed by atoms with E-state index in [0.717, 1.165) is 0 Å². The summed E-state index contributed by atoms with van der Waals surface area (Å²) in [5.41, 5.74) is 0.309. The third-order valence-corrected chi connectivity index (χ3v) is 1.11. The number of hydrogen-bond donors (Lipinski definition) is 0. The number of carbonyl (C=O) groups is 2. The van der Waals surface area contributed by atoms with Crippen molar-refractivity contribution < 1.29 is 56.5 Å². The minimum absolute atomic E-state index is 0. The Morgan fingerprint density at radius 3 is 1.40 bits per heavy atom. The van der Waals surface area contributed by atoms with Crippen LogP contribution in [0, 0.1) is 0 Å². The largest absolute Gasteiger partial charge is 4.00 e. The van der Waals surface area contributed by atoms with E-state index in [1.54, 1.807) is 41.5 Å². The molecule has 0 aromatic heterocycles. The van der Waals surface area contributed by atoms with Crippen molar-refractivity contribution in [2.45, 2.75) is 79.6 Å². The van der Waals surface area contributed by atoms with Gasteiger partial charge in [-0.3, -0.25) is 0 Å². The first kappa shape index (κ1) is 35.4. The molecule has 8 heteroatoms. The van der Waals surface area contributed by atoms with Crippen LogP contribution in [0.5, 0.6) is 0 Å². The van der Waals surface area contributed by atoms with E-state index >= 15 is 0 Å². The second kappa shape index (κ2) is 25.5. The third-order valence-electron chi connectivity index (χ3n) is 1.11. The van der Waals surface area contributed by atoms with Crippen LogP contribution in [0.15, 0.2) is 12.2 Å².